The van der Waals surface area contributed by atoms with E-state index in [0.717, 1.165) is 34.8 Å². The third kappa shape index (κ3) is 3.85. The number of fused-ring (bicyclic) bond motifs is 1. The number of hydrogen-bond acceptors (Lipinski definition) is 6. The van der Waals surface area contributed by atoms with Crippen LogP contribution in [0.2, 0.25) is 0 Å². The molecule has 1 aliphatic heterocycles. The van der Waals surface area contributed by atoms with Crippen LogP contribution < -0.4 is 4.74 Å². The van der Waals surface area contributed by atoms with Gasteiger partial charge in [-0.1, -0.05) is 0 Å². The number of likely N-dealkylation sites (tertiary alicyclic amines) is 1. The van der Waals surface area contributed by atoms with Crippen molar-refractivity contribution in [2.24, 2.45) is 5.92 Å². The first kappa shape index (κ1) is 19.4. The van der Waals surface area contributed by atoms with Crippen LogP contribution in [0, 0.1) is 5.92 Å². The number of ether oxygens (including phenoxy) is 2. The molecule has 0 N–H and O–H groups in total. The molecule has 1 atom stereocenters. The van der Waals surface area contributed by atoms with Gasteiger partial charge in [0.25, 0.3) is 5.91 Å². The highest BCUT2D eigenvalue weighted by Crippen LogP contribution is 2.27. The monoisotopic (exact) mass is 413 g/mol. The summed E-state index contributed by atoms with van der Waals surface area (Å²) in [6.07, 6.45) is 3.44. The molecular weight excluding hydrogens is 390 g/mol. The smallest absolute Gasteiger partial charge is 0.310 e. The predicted molar refractivity (Wildman–Crippen MR) is 110 cm³/mol. The first-order chi connectivity index (χ1) is 14.1. The van der Waals surface area contributed by atoms with Crippen molar-refractivity contribution in [3.63, 3.8) is 0 Å². The van der Waals surface area contributed by atoms with Crippen molar-refractivity contribution < 1.29 is 19.1 Å². The SMILES string of the molecule is CCOC(=O)C1CCCN(C(=O)c2csc3nc(-c4ccc(OC)cc4)cn23)C1. The van der Waals surface area contributed by atoms with Crippen LogP contribution in [-0.2, 0) is 9.53 Å². The van der Waals surface area contributed by atoms with E-state index in [2.05, 4.69) is 4.98 Å². The number of methoxy groups -OCH3 is 1. The van der Waals surface area contributed by atoms with Crippen LogP contribution in [0.15, 0.2) is 35.8 Å². The van der Waals surface area contributed by atoms with E-state index in [0.29, 0.717) is 25.4 Å². The Hall–Kier alpha value is -2.87. The van der Waals surface area contributed by atoms with Gasteiger partial charge in [-0.15, -0.1) is 11.3 Å². The topological polar surface area (TPSA) is 73.1 Å². The molecule has 0 spiro atoms. The summed E-state index contributed by atoms with van der Waals surface area (Å²) in [5, 5.41) is 1.83. The van der Waals surface area contributed by atoms with Gasteiger partial charge in [-0.3, -0.25) is 14.0 Å². The van der Waals surface area contributed by atoms with Crippen LogP contribution in [0.5, 0.6) is 5.75 Å². The number of nitrogens with zero attached hydrogens (tertiary/aromatic N) is 3. The fourth-order valence-electron chi connectivity index (χ4n) is 3.61. The second-order valence-corrected chi connectivity index (χ2v) is 7.81. The number of hydrogen-bond donors (Lipinski definition) is 0. The predicted octanol–water partition coefficient (Wildman–Crippen LogP) is 3.49. The molecular formula is C21H23N3O4S. The van der Waals surface area contributed by atoms with Gasteiger partial charge in [-0.05, 0) is 44.0 Å². The maximum Gasteiger partial charge on any atom is 0.310 e. The summed E-state index contributed by atoms with van der Waals surface area (Å²) in [6, 6.07) is 7.67. The van der Waals surface area contributed by atoms with Crippen LogP contribution in [0.4, 0.5) is 0 Å². The Morgan fingerprint density at radius 1 is 1.28 bits per heavy atom. The van der Waals surface area contributed by atoms with Crippen molar-refractivity contribution in [3.8, 4) is 17.0 Å². The van der Waals surface area contributed by atoms with Crippen LogP contribution in [0.25, 0.3) is 16.2 Å². The Balaban J connectivity index is 1.56. The molecule has 0 bridgehead atoms. The van der Waals surface area contributed by atoms with Gasteiger partial charge in [-0.25, -0.2) is 4.98 Å². The number of benzene rings is 1. The summed E-state index contributed by atoms with van der Waals surface area (Å²) in [5.41, 5.74) is 2.33. The number of aromatic nitrogens is 2. The van der Waals surface area contributed by atoms with E-state index >= 15 is 0 Å². The number of amides is 1. The summed E-state index contributed by atoms with van der Waals surface area (Å²) in [6.45, 7) is 3.20. The molecule has 1 aliphatic rings. The molecule has 4 rings (SSSR count). The molecule has 3 heterocycles. The normalized spacial score (nSPS) is 16.8. The van der Waals surface area contributed by atoms with E-state index in [-0.39, 0.29) is 17.8 Å². The van der Waals surface area contributed by atoms with Gasteiger partial charge in [0.2, 0.25) is 0 Å². The molecule has 1 aromatic carbocycles. The molecule has 0 saturated carbocycles. The van der Waals surface area contributed by atoms with Crippen LogP contribution in [0.1, 0.15) is 30.3 Å². The van der Waals surface area contributed by atoms with Gasteiger partial charge in [0.15, 0.2) is 4.96 Å². The Morgan fingerprint density at radius 3 is 2.79 bits per heavy atom. The van der Waals surface area contributed by atoms with Gasteiger partial charge >= 0.3 is 5.97 Å². The lowest BCUT2D eigenvalue weighted by Crippen LogP contribution is -2.43. The highest BCUT2D eigenvalue weighted by molar-refractivity contribution is 7.15. The zero-order chi connectivity index (χ0) is 20.4. The number of piperidine rings is 1. The minimum Gasteiger partial charge on any atom is -0.497 e. The van der Waals surface area contributed by atoms with Gasteiger partial charge in [-0.2, -0.15) is 0 Å². The second kappa shape index (κ2) is 8.24. The maximum atomic E-state index is 13.1. The highest BCUT2D eigenvalue weighted by atomic mass is 32.1. The van der Waals surface area contributed by atoms with Crippen molar-refractivity contribution in [1.29, 1.82) is 0 Å². The first-order valence-corrected chi connectivity index (χ1v) is 10.6. The number of thiazole rings is 1. The largest absolute Gasteiger partial charge is 0.497 e. The minimum absolute atomic E-state index is 0.0797. The average molecular weight is 413 g/mol. The average Bonchev–Trinajstić information content (AvgIpc) is 3.34. The van der Waals surface area contributed by atoms with Crippen molar-refractivity contribution in [2.45, 2.75) is 19.8 Å². The first-order valence-electron chi connectivity index (χ1n) is 9.67. The quantitative estimate of drug-likeness (QED) is 0.599. The zero-order valence-corrected chi connectivity index (χ0v) is 17.3. The Morgan fingerprint density at radius 2 is 2.07 bits per heavy atom. The molecule has 152 valence electrons. The van der Waals surface area contributed by atoms with E-state index in [1.165, 1.54) is 11.3 Å². The van der Waals surface area contributed by atoms with Crippen LogP contribution >= 0.6 is 11.3 Å². The van der Waals surface area contributed by atoms with Crippen LogP contribution in [0.3, 0.4) is 0 Å². The molecule has 1 fully saturated rings. The summed E-state index contributed by atoms with van der Waals surface area (Å²) in [7, 11) is 1.63. The summed E-state index contributed by atoms with van der Waals surface area (Å²) >= 11 is 1.43. The molecule has 2 aromatic heterocycles. The molecule has 0 aliphatic carbocycles. The standard InChI is InChI=1S/C21H23N3O4S/c1-3-28-20(26)15-5-4-10-23(11-15)19(25)18-13-29-21-22-17(12-24(18)21)14-6-8-16(27-2)9-7-14/h6-9,12-13,15H,3-5,10-11H2,1-2H3. The van der Waals surface area contributed by atoms with Crippen molar-refractivity contribution in [3.05, 3.63) is 41.5 Å². The number of rotatable bonds is 5. The third-order valence-electron chi connectivity index (χ3n) is 5.14. The van der Waals surface area contributed by atoms with E-state index in [9.17, 15) is 9.59 Å². The molecule has 7 nitrogen and oxygen atoms in total. The Labute approximate surface area is 172 Å². The van der Waals surface area contributed by atoms with Gasteiger partial charge < -0.3 is 14.4 Å². The second-order valence-electron chi connectivity index (χ2n) is 6.97. The molecule has 8 heteroatoms. The summed E-state index contributed by atoms with van der Waals surface area (Å²) in [5.74, 6) is 0.236. The number of esters is 1. The lowest BCUT2D eigenvalue weighted by Gasteiger charge is -2.31. The molecule has 1 amide bonds. The third-order valence-corrected chi connectivity index (χ3v) is 5.98. The van der Waals surface area contributed by atoms with E-state index < -0.39 is 0 Å². The van der Waals surface area contributed by atoms with Crippen molar-refractivity contribution in [1.82, 2.24) is 14.3 Å². The Bertz CT molecular complexity index is 1020. The maximum absolute atomic E-state index is 13.1. The minimum atomic E-state index is -0.251. The Kier molecular flexibility index (Phi) is 5.53. The number of carbonyl (C=O) groups excluding carboxylic acids is 2. The van der Waals surface area contributed by atoms with Crippen molar-refractivity contribution in [2.75, 3.05) is 26.8 Å². The fourth-order valence-corrected chi connectivity index (χ4v) is 4.46. The molecule has 3 aromatic rings. The van der Waals surface area contributed by atoms with E-state index in [1.807, 2.05) is 40.2 Å². The molecule has 29 heavy (non-hydrogen) atoms. The number of imidazole rings is 1. The molecule has 1 saturated heterocycles. The van der Waals surface area contributed by atoms with Gasteiger partial charge in [0, 0.05) is 30.2 Å². The van der Waals surface area contributed by atoms with Gasteiger partial charge in [0.1, 0.15) is 11.4 Å². The lowest BCUT2D eigenvalue weighted by molar-refractivity contribution is -0.149. The summed E-state index contributed by atoms with van der Waals surface area (Å²) < 4.78 is 12.2. The van der Waals surface area contributed by atoms with Crippen molar-refractivity contribution >= 4 is 28.2 Å². The fraction of sp³-hybridized carbons (Fsp3) is 0.381. The highest BCUT2D eigenvalue weighted by Gasteiger charge is 2.31. The number of carbonyl (C=O) groups is 2. The van der Waals surface area contributed by atoms with Crippen LogP contribution in [-0.4, -0.2) is 53.0 Å². The molecule has 0 radical (unpaired) electrons. The lowest BCUT2D eigenvalue weighted by atomic mass is 9.98. The van der Waals surface area contributed by atoms with E-state index in [4.69, 9.17) is 9.47 Å². The van der Waals surface area contributed by atoms with E-state index in [1.54, 1.807) is 18.9 Å². The molecule has 1 unspecified atom stereocenters. The zero-order valence-electron chi connectivity index (χ0n) is 16.5. The summed E-state index contributed by atoms with van der Waals surface area (Å²) in [4.78, 5) is 32.4. The van der Waals surface area contributed by atoms with Gasteiger partial charge in [0.05, 0.1) is 25.3 Å².